The zero-order chi connectivity index (χ0) is 21.6. The van der Waals surface area contributed by atoms with Gasteiger partial charge < -0.3 is 10.1 Å². The highest BCUT2D eigenvalue weighted by Crippen LogP contribution is 2.34. The van der Waals surface area contributed by atoms with Crippen LogP contribution in [0.15, 0.2) is 91.0 Å². The van der Waals surface area contributed by atoms with Crippen molar-refractivity contribution in [2.45, 2.75) is 6.92 Å². The van der Waals surface area contributed by atoms with E-state index in [9.17, 15) is 9.18 Å². The SMILES string of the molecule is CCOC(=O)c1c(-c2ccc(F)cc2)cc(-c2ccccc2)nc1Nc1ccccc1. The molecule has 4 nitrogen and oxygen atoms in total. The number of halogens is 1. The normalized spacial score (nSPS) is 10.5. The highest BCUT2D eigenvalue weighted by molar-refractivity contribution is 6.03. The lowest BCUT2D eigenvalue weighted by atomic mass is 9.97. The summed E-state index contributed by atoms with van der Waals surface area (Å²) in [6.45, 7) is 1.98. The maximum absolute atomic E-state index is 13.6. The summed E-state index contributed by atoms with van der Waals surface area (Å²) >= 11 is 0. The summed E-state index contributed by atoms with van der Waals surface area (Å²) in [5, 5.41) is 3.26. The second-order valence-corrected chi connectivity index (χ2v) is 6.86. The van der Waals surface area contributed by atoms with Crippen LogP contribution in [0.2, 0.25) is 0 Å². The molecule has 1 aromatic heterocycles. The van der Waals surface area contributed by atoms with E-state index in [0.29, 0.717) is 28.2 Å². The molecular weight excluding hydrogens is 391 g/mol. The van der Waals surface area contributed by atoms with Crippen LogP contribution < -0.4 is 5.32 Å². The molecule has 0 radical (unpaired) electrons. The lowest BCUT2D eigenvalue weighted by Crippen LogP contribution is -2.12. The zero-order valence-corrected chi connectivity index (χ0v) is 17.0. The molecule has 3 aromatic carbocycles. The Balaban J connectivity index is 1.96. The summed E-state index contributed by atoms with van der Waals surface area (Å²) in [4.78, 5) is 17.7. The van der Waals surface area contributed by atoms with Gasteiger partial charge in [0, 0.05) is 16.8 Å². The number of rotatable bonds is 6. The molecule has 0 unspecified atom stereocenters. The number of aromatic nitrogens is 1. The van der Waals surface area contributed by atoms with Crippen molar-refractivity contribution in [2.24, 2.45) is 0 Å². The number of esters is 1. The number of hydrogen-bond donors (Lipinski definition) is 1. The number of carbonyl (C=O) groups is 1. The second kappa shape index (κ2) is 9.22. The monoisotopic (exact) mass is 412 g/mol. The van der Waals surface area contributed by atoms with E-state index < -0.39 is 5.97 Å². The number of nitrogens with one attached hydrogen (secondary N) is 1. The fourth-order valence-corrected chi connectivity index (χ4v) is 3.32. The van der Waals surface area contributed by atoms with E-state index in [1.54, 1.807) is 19.1 Å². The van der Waals surface area contributed by atoms with Gasteiger partial charge in [-0.15, -0.1) is 0 Å². The number of anilines is 2. The number of benzene rings is 3. The van der Waals surface area contributed by atoms with Crippen LogP contribution in [0.5, 0.6) is 0 Å². The average Bonchev–Trinajstić information content (AvgIpc) is 2.80. The van der Waals surface area contributed by atoms with Crippen molar-refractivity contribution in [2.75, 3.05) is 11.9 Å². The van der Waals surface area contributed by atoms with Crippen LogP contribution >= 0.6 is 0 Å². The van der Waals surface area contributed by atoms with Gasteiger partial charge in [0.1, 0.15) is 17.2 Å². The van der Waals surface area contributed by atoms with Gasteiger partial charge in [0.25, 0.3) is 0 Å². The molecular formula is C26H21FN2O2. The van der Waals surface area contributed by atoms with Gasteiger partial charge >= 0.3 is 5.97 Å². The Hall–Kier alpha value is -3.99. The first-order chi connectivity index (χ1) is 15.2. The van der Waals surface area contributed by atoms with Crippen LogP contribution in [0.3, 0.4) is 0 Å². The fourth-order valence-electron chi connectivity index (χ4n) is 3.32. The van der Waals surface area contributed by atoms with E-state index in [1.165, 1.54) is 12.1 Å². The topological polar surface area (TPSA) is 51.2 Å². The summed E-state index contributed by atoms with van der Waals surface area (Å²) in [6.07, 6.45) is 0. The average molecular weight is 412 g/mol. The molecule has 0 aliphatic rings. The van der Waals surface area contributed by atoms with E-state index >= 15 is 0 Å². The third-order valence-electron chi connectivity index (χ3n) is 4.76. The Morgan fingerprint density at radius 2 is 1.55 bits per heavy atom. The van der Waals surface area contributed by atoms with Crippen molar-refractivity contribution >= 4 is 17.5 Å². The Morgan fingerprint density at radius 3 is 2.19 bits per heavy atom. The number of nitrogens with zero attached hydrogens (tertiary/aromatic N) is 1. The van der Waals surface area contributed by atoms with Crippen molar-refractivity contribution in [3.63, 3.8) is 0 Å². The fraction of sp³-hybridized carbons (Fsp3) is 0.0769. The van der Waals surface area contributed by atoms with Crippen molar-refractivity contribution < 1.29 is 13.9 Å². The molecule has 0 spiro atoms. The largest absolute Gasteiger partial charge is 0.462 e. The minimum atomic E-state index is -0.493. The highest BCUT2D eigenvalue weighted by atomic mass is 19.1. The van der Waals surface area contributed by atoms with E-state index in [1.807, 2.05) is 66.7 Å². The predicted molar refractivity (Wildman–Crippen MR) is 121 cm³/mol. The molecule has 0 fully saturated rings. The molecule has 0 aliphatic heterocycles. The predicted octanol–water partition coefficient (Wildman–Crippen LogP) is 6.48. The molecule has 4 aromatic rings. The van der Waals surface area contributed by atoms with E-state index in [2.05, 4.69) is 5.32 Å². The molecule has 1 heterocycles. The molecule has 5 heteroatoms. The summed E-state index contributed by atoms with van der Waals surface area (Å²) in [5.41, 5.74) is 3.99. The smallest absolute Gasteiger partial charge is 0.342 e. The molecule has 0 saturated heterocycles. The first-order valence-electron chi connectivity index (χ1n) is 10.0. The van der Waals surface area contributed by atoms with E-state index in [4.69, 9.17) is 9.72 Å². The molecule has 0 amide bonds. The van der Waals surface area contributed by atoms with Crippen molar-refractivity contribution in [1.82, 2.24) is 4.98 Å². The molecule has 0 bridgehead atoms. The zero-order valence-electron chi connectivity index (χ0n) is 17.0. The minimum Gasteiger partial charge on any atom is -0.462 e. The summed E-state index contributed by atoms with van der Waals surface area (Å²) < 4.78 is 18.9. The van der Waals surface area contributed by atoms with Gasteiger partial charge in [0.05, 0.1) is 12.3 Å². The molecule has 0 saturated carbocycles. The number of hydrogen-bond acceptors (Lipinski definition) is 4. The van der Waals surface area contributed by atoms with E-state index in [0.717, 1.165) is 11.3 Å². The quantitative estimate of drug-likeness (QED) is 0.369. The standard InChI is InChI=1S/C26H21FN2O2/c1-2-31-26(30)24-22(18-13-15-20(27)16-14-18)17-23(19-9-5-3-6-10-19)29-25(24)28-21-11-7-4-8-12-21/h3-17H,2H2,1H3,(H,28,29). The molecule has 0 atom stereocenters. The second-order valence-electron chi connectivity index (χ2n) is 6.86. The molecule has 1 N–H and O–H groups in total. The Morgan fingerprint density at radius 1 is 0.903 bits per heavy atom. The first kappa shape index (κ1) is 20.3. The van der Waals surface area contributed by atoms with Gasteiger partial charge in [-0.25, -0.2) is 14.2 Å². The summed E-state index contributed by atoms with van der Waals surface area (Å²) in [7, 11) is 0. The van der Waals surface area contributed by atoms with Crippen LogP contribution in [-0.2, 0) is 4.74 Å². The Kier molecular flexibility index (Phi) is 6.03. The van der Waals surface area contributed by atoms with Crippen molar-refractivity contribution in [3.05, 3.63) is 102 Å². The third-order valence-corrected chi connectivity index (χ3v) is 4.76. The number of carbonyl (C=O) groups excluding carboxylic acids is 1. The van der Waals surface area contributed by atoms with Crippen molar-refractivity contribution in [3.8, 4) is 22.4 Å². The van der Waals surface area contributed by atoms with Gasteiger partial charge in [-0.1, -0.05) is 60.7 Å². The Bertz CT molecular complexity index is 1180. The number of ether oxygens (including phenoxy) is 1. The number of pyridine rings is 1. The highest BCUT2D eigenvalue weighted by Gasteiger charge is 2.22. The molecule has 31 heavy (non-hydrogen) atoms. The minimum absolute atomic E-state index is 0.229. The van der Waals surface area contributed by atoms with Crippen LogP contribution in [0, 0.1) is 5.82 Å². The van der Waals surface area contributed by atoms with Crippen LogP contribution in [0.4, 0.5) is 15.9 Å². The van der Waals surface area contributed by atoms with Crippen LogP contribution in [0.25, 0.3) is 22.4 Å². The maximum atomic E-state index is 13.6. The van der Waals surface area contributed by atoms with Crippen molar-refractivity contribution in [1.29, 1.82) is 0 Å². The van der Waals surface area contributed by atoms with Gasteiger partial charge in [0.15, 0.2) is 0 Å². The molecule has 4 rings (SSSR count). The molecule has 0 aliphatic carbocycles. The number of para-hydroxylation sites is 1. The van der Waals surface area contributed by atoms with E-state index in [-0.39, 0.29) is 12.4 Å². The lowest BCUT2D eigenvalue weighted by Gasteiger charge is -2.17. The van der Waals surface area contributed by atoms with Gasteiger partial charge in [-0.3, -0.25) is 0 Å². The van der Waals surface area contributed by atoms with Gasteiger partial charge in [-0.05, 0) is 42.8 Å². The molecule has 154 valence electrons. The summed E-state index contributed by atoms with van der Waals surface area (Å²) in [5.74, 6) is -0.459. The van der Waals surface area contributed by atoms with Gasteiger partial charge in [0.2, 0.25) is 0 Å². The Labute approximate surface area is 180 Å². The van der Waals surface area contributed by atoms with Crippen LogP contribution in [0.1, 0.15) is 17.3 Å². The lowest BCUT2D eigenvalue weighted by molar-refractivity contribution is 0.0528. The third kappa shape index (κ3) is 4.61. The maximum Gasteiger partial charge on any atom is 0.342 e. The first-order valence-corrected chi connectivity index (χ1v) is 10.0. The van der Waals surface area contributed by atoms with Crippen LogP contribution in [-0.4, -0.2) is 17.6 Å². The van der Waals surface area contributed by atoms with Gasteiger partial charge in [-0.2, -0.15) is 0 Å². The summed E-state index contributed by atoms with van der Waals surface area (Å²) in [6, 6.07) is 27.1.